The lowest BCUT2D eigenvalue weighted by Gasteiger charge is -2.47. The van der Waals surface area contributed by atoms with Crippen molar-refractivity contribution in [1.29, 1.82) is 0 Å². The first-order valence-electron chi connectivity index (χ1n) is 10.2. The number of rotatable bonds is 4. The molecule has 3 aliphatic rings. The van der Waals surface area contributed by atoms with Crippen LogP contribution in [0.2, 0.25) is 0 Å². The summed E-state index contributed by atoms with van der Waals surface area (Å²) in [6.07, 6.45) is -20.4. The largest absolute Gasteiger partial charge is 0.388 e. The molecule has 3 rings (SSSR count). The van der Waals surface area contributed by atoms with E-state index in [0.717, 1.165) is 0 Å². The Kier molecular flexibility index (Phi) is 7.91. The van der Waals surface area contributed by atoms with Gasteiger partial charge in [0.05, 0.1) is 18.3 Å². The molecule has 31 heavy (non-hydrogen) atoms. The van der Waals surface area contributed by atoms with Crippen molar-refractivity contribution in [3.8, 4) is 0 Å². The summed E-state index contributed by atoms with van der Waals surface area (Å²) in [5.74, 6) is 0. The van der Waals surface area contributed by atoms with Gasteiger partial charge in [0.25, 0.3) is 0 Å². The van der Waals surface area contributed by atoms with E-state index in [0.29, 0.717) is 0 Å². The molecular formula is C18H32O13. The highest BCUT2D eigenvalue weighted by Crippen LogP contribution is 2.31. The highest BCUT2D eigenvalue weighted by atomic mass is 16.7. The number of aliphatic hydroxyl groups is 8. The smallest absolute Gasteiger partial charge is 0.187 e. The summed E-state index contributed by atoms with van der Waals surface area (Å²) in [5, 5.41) is 80.4. The Morgan fingerprint density at radius 2 is 0.871 bits per heavy atom. The van der Waals surface area contributed by atoms with Crippen LogP contribution in [0.15, 0.2) is 0 Å². The molecule has 3 fully saturated rings. The highest BCUT2D eigenvalue weighted by molar-refractivity contribution is 4.94. The van der Waals surface area contributed by atoms with Gasteiger partial charge in [-0.3, -0.25) is 0 Å². The summed E-state index contributed by atoms with van der Waals surface area (Å²) < 4.78 is 27.1. The van der Waals surface area contributed by atoms with Gasteiger partial charge in [0.2, 0.25) is 0 Å². The molecule has 182 valence electrons. The van der Waals surface area contributed by atoms with Crippen LogP contribution in [0.1, 0.15) is 20.8 Å². The van der Waals surface area contributed by atoms with Crippen LogP contribution in [-0.4, -0.2) is 133 Å². The van der Waals surface area contributed by atoms with Crippen molar-refractivity contribution in [2.24, 2.45) is 0 Å². The lowest BCUT2D eigenvalue weighted by Crippen LogP contribution is -2.65. The Morgan fingerprint density at radius 1 is 0.452 bits per heavy atom. The Hall–Kier alpha value is -0.520. The van der Waals surface area contributed by atoms with E-state index in [9.17, 15) is 40.9 Å². The van der Waals surface area contributed by atoms with Gasteiger partial charge in [0.1, 0.15) is 54.9 Å². The van der Waals surface area contributed by atoms with E-state index in [2.05, 4.69) is 0 Å². The van der Waals surface area contributed by atoms with Crippen LogP contribution in [0.4, 0.5) is 0 Å². The Bertz CT molecular complexity index is 595. The molecule has 1 unspecified atom stereocenters. The fourth-order valence-corrected chi connectivity index (χ4v) is 3.95. The fraction of sp³-hybridized carbons (Fsp3) is 1.00. The number of hydrogen-bond donors (Lipinski definition) is 8. The van der Waals surface area contributed by atoms with Crippen LogP contribution < -0.4 is 0 Å². The summed E-state index contributed by atoms with van der Waals surface area (Å²) in [6.45, 7) is 4.44. The second-order valence-corrected chi connectivity index (χ2v) is 8.29. The average Bonchev–Trinajstić information content (AvgIpc) is 2.72. The summed E-state index contributed by atoms with van der Waals surface area (Å²) in [4.78, 5) is 0. The first kappa shape index (κ1) is 25.1. The minimum absolute atomic E-state index is 0.864. The van der Waals surface area contributed by atoms with Gasteiger partial charge in [0, 0.05) is 0 Å². The van der Waals surface area contributed by atoms with E-state index in [1.165, 1.54) is 20.8 Å². The van der Waals surface area contributed by atoms with Crippen molar-refractivity contribution in [3.63, 3.8) is 0 Å². The van der Waals surface area contributed by atoms with Crippen molar-refractivity contribution >= 4 is 0 Å². The van der Waals surface area contributed by atoms with Crippen LogP contribution in [-0.2, 0) is 23.7 Å². The number of ether oxygens (including phenoxy) is 5. The summed E-state index contributed by atoms with van der Waals surface area (Å²) >= 11 is 0. The van der Waals surface area contributed by atoms with E-state index in [1.54, 1.807) is 0 Å². The van der Waals surface area contributed by atoms with Crippen molar-refractivity contribution in [1.82, 2.24) is 0 Å². The summed E-state index contributed by atoms with van der Waals surface area (Å²) in [5.41, 5.74) is 0. The van der Waals surface area contributed by atoms with Crippen LogP contribution >= 0.6 is 0 Å². The van der Waals surface area contributed by atoms with Gasteiger partial charge in [-0.2, -0.15) is 0 Å². The molecule has 0 radical (unpaired) electrons. The zero-order valence-corrected chi connectivity index (χ0v) is 17.3. The molecular weight excluding hydrogens is 424 g/mol. The van der Waals surface area contributed by atoms with Crippen molar-refractivity contribution in [2.45, 2.75) is 113 Å². The van der Waals surface area contributed by atoms with E-state index < -0.39 is 92.1 Å². The maximum atomic E-state index is 10.6. The molecule has 0 aliphatic carbocycles. The standard InChI is InChI=1S/C18H32O13/c1-4-7(19)8(20)12(24)17(28-4)31-15-6(3)29-18(13(25)10(15)22)30-14-5(2)27-16(26)11(23)9(14)21/h4-26H,1-3H3/t4-,5+,6-,7-,8+,9+,10-,11+,12+,13+,14-,15-,16?,17-,18-/m0/s1. The van der Waals surface area contributed by atoms with E-state index in [-0.39, 0.29) is 0 Å². The van der Waals surface area contributed by atoms with Crippen molar-refractivity contribution in [3.05, 3.63) is 0 Å². The third-order valence-electron chi connectivity index (χ3n) is 5.96. The SMILES string of the molecule is C[C@@H]1O[C@@H](O[C@@H]2[C@@H](O)[C@@H](O)[C@H](O[C@@H]3[C@H](O)[C@@H](O)C(O)O[C@@H]3C)O[C@H]2C)[C@H](O)[C@H](O)[C@H]1O. The van der Waals surface area contributed by atoms with Gasteiger partial charge in [-0.15, -0.1) is 0 Å². The first-order chi connectivity index (χ1) is 14.4. The molecule has 3 saturated heterocycles. The van der Waals surface area contributed by atoms with Gasteiger partial charge in [0.15, 0.2) is 18.9 Å². The van der Waals surface area contributed by atoms with Gasteiger partial charge >= 0.3 is 0 Å². The molecule has 0 aromatic carbocycles. The van der Waals surface area contributed by atoms with Crippen LogP contribution in [0.3, 0.4) is 0 Å². The molecule has 0 aromatic rings. The Balaban J connectivity index is 1.65. The third-order valence-corrected chi connectivity index (χ3v) is 5.96. The Labute approximate surface area is 178 Å². The van der Waals surface area contributed by atoms with E-state index in [1.807, 2.05) is 0 Å². The third kappa shape index (κ3) is 4.89. The average molecular weight is 456 g/mol. The first-order valence-corrected chi connectivity index (χ1v) is 10.2. The molecule has 8 N–H and O–H groups in total. The molecule has 0 aromatic heterocycles. The minimum Gasteiger partial charge on any atom is -0.388 e. The lowest BCUT2D eigenvalue weighted by atomic mass is 9.96. The molecule has 3 heterocycles. The molecule has 15 atom stereocenters. The quantitative estimate of drug-likeness (QED) is 0.201. The van der Waals surface area contributed by atoms with Crippen LogP contribution in [0, 0.1) is 0 Å². The van der Waals surface area contributed by atoms with Crippen molar-refractivity contribution in [2.75, 3.05) is 0 Å². The fourth-order valence-electron chi connectivity index (χ4n) is 3.95. The maximum Gasteiger partial charge on any atom is 0.187 e. The summed E-state index contributed by atoms with van der Waals surface area (Å²) in [7, 11) is 0. The minimum atomic E-state index is -1.67. The molecule has 0 bridgehead atoms. The van der Waals surface area contributed by atoms with E-state index >= 15 is 0 Å². The molecule has 0 amide bonds. The zero-order chi connectivity index (χ0) is 23.2. The number of hydrogen-bond acceptors (Lipinski definition) is 13. The van der Waals surface area contributed by atoms with Crippen LogP contribution in [0.5, 0.6) is 0 Å². The second-order valence-electron chi connectivity index (χ2n) is 8.29. The lowest BCUT2D eigenvalue weighted by molar-refractivity contribution is -0.370. The molecule has 0 saturated carbocycles. The van der Waals surface area contributed by atoms with Gasteiger partial charge in [-0.1, -0.05) is 0 Å². The molecule has 13 heteroatoms. The zero-order valence-electron chi connectivity index (χ0n) is 17.3. The van der Waals surface area contributed by atoms with Gasteiger partial charge in [-0.05, 0) is 20.8 Å². The van der Waals surface area contributed by atoms with Gasteiger partial charge in [-0.25, -0.2) is 0 Å². The van der Waals surface area contributed by atoms with Gasteiger partial charge < -0.3 is 64.5 Å². The van der Waals surface area contributed by atoms with E-state index in [4.69, 9.17) is 23.7 Å². The molecule has 13 nitrogen and oxygen atoms in total. The predicted molar refractivity (Wildman–Crippen MR) is 97.0 cm³/mol. The van der Waals surface area contributed by atoms with Crippen molar-refractivity contribution < 1.29 is 64.5 Å². The van der Waals surface area contributed by atoms with Crippen LogP contribution in [0.25, 0.3) is 0 Å². The predicted octanol–water partition coefficient (Wildman–Crippen LogP) is -4.49. The topological polar surface area (TPSA) is 208 Å². The second kappa shape index (κ2) is 9.77. The normalized spacial score (nSPS) is 56.4. The molecule has 0 spiro atoms. The highest BCUT2D eigenvalue weighted by Gasteiger charge is 2.51. The summed E-state index contributed by atoms with van der Waals surface area (Å²) in [6, 6.07) is 0. The monoisotopic (exact) mass is 456 g/mol. The Morgan fingerprint density at radius 3 is 1.42 bits per heavy atom. The maximum absolute atomic E-state index is 10.6. The number of aliphatic hydroxyl groups excluding tert-OH is 8. The molecule has 3 aliphatic heterocycles.